The number of carbonyl (C=O) groups is 2. The van der Waals surface area contributed by atoms with Crippen LogP contribution in [0.2, 0.25) is 5.02 Å². The molecule has 2 unspecified atom stereocenters. The van der Waals surface area contributed by atoms with Gasteiger partial charge in [-0.15, -0.1) is 15.3 Å². The van der Waals surface area contributed by atoms with Gasteiger partial charge in [-0.25, -0.2) is 0 Å². The summed E-state index contributed by atoms with van der Waals surface area (Å²) in [6.45, 7) is 1.85. The van der Waals surface area contributed by atoms with Crippen LogP contribution in [0.25, 0.3) is 0 Å². The third-order valence-corrected chi connectivity index (χ3v) is 6.98. The Hall–Kier alpha value is -3.73. The van der Waals surface area contributed by atoms with Gasteiger partial charge in [-0.3, -0.25) is 14.9 Å². The molecule has 0 bridgehead atoms. The van der Waals surface area contributed by atoms with Crippen molar-refractivity contribution in [2.75, 3.05) is 10.6 Å². The van der Waals surface area contributed by atoms with Crippen LogP contribution in [-0.4, -0.2) is 37.3 Å². The molecule has 4 aromatic rings. The maximum Gasteiger partial charge on any atom is 0.259 e. The first-order valence-corrected chi connectivity index (χ1v) is 13.3. The summed E-state index contributed by atoms with van der Waals surface area (Å²) in [4.78, 5) is 24.8. The Kier molecular flexibility index (Phi) is 9.47. The second-order valence-corrected chi connectivity index (χ2v) is 10.2. The zero-order valence-electron chi connectivity index (χ0n) is 20.7. The molecule has 0 aliphatic rings. The van der Waals surface area contributed by atoms with Crippen LogP contribution in [0.3, 0.4) is 0 Å². The van der Waals surface area contributed by atoms with E-state index in [0.717, 1.165) is 35.5 Å². The van der Waals surface area contributed by atoms with Gasteiger partial charge in [0.05, 0.1) is 11.6 Å². The third kappa shape index (κ3) is 7.64. The first-order valence-electron chi connectivity index (χ1n) is 12.1. The lowest BCUT2D eigenvalue weighted by atomic mass is 10.0. The summed E-state index contributed by atoms with van der Waals surface area (Å²) in [6.07, 6.45) is 1.79. The van der Waals surface area contributed by atoms with E-state index in [9.17, 15) is 14.7 Å². The Bertz CT molecular complexity index is 1370. The van der Waals surface area contributed by atoms with Crippen molar-refractivity contribution in [1.29, 1.82) is 0 Å². The van der Waals surface area contributed by atoms with E-state index in [1.54, 1.807) is 24.3 Å². The van der Waals surface area contributed by atoms with Gasteiger partial charge in [0.25, 0.3) is 5.91 Å². The van der Waals surface area contributed by atoms with Gasteiger partial charge in [-0.2, -0.15) is 5.10 Å². The Morgan fingerprint density at radius 1 is 0.868 bits per heavy atom. The molecule has 4 rings (SSSR count). The van der Waals surface area contributed by atoms with Gasteiger partial charge in [0.2, 0.25) is 11.0 Å². The molecule has 9 nitrogen and oxygen atoms in total. The van der Waals surface area contributed by atoms with E-state index in [2.05, 4.69) is 31.0 Å². The number of aryl methyl sites for hydroxylation is 2. The van der Waals surface area contributed by atoms with Crippen molar-refractivity contribution in [3.63, 3.8) is 0 Å². The lowest BCUT2D eigenvalue weighted by Gasteiger charge is -2.11. The van der Waals surface area contributed by atoms with Crippen LogP contribution >= 0.6 is 22.9 Å². The lowest BCUT2D eigenvalue weighted by molar-refractivity contribution is -0.124. The van der Waals surface area contributed by atoms with Crippen molar-refractivity contribution in [1.82, 2.24) is 20.4 Å². The van der Waals surface area contributed by atoms with Gasteiger partial charge >= 0.3 is 0 Å². The second kappa shape index (κ2) is 13.2. The van der Waals surface area contributed by atoms with Gasteiger partial charge in [0.15, 0.2) is 11.9 Å². The van der Waals surface area contributed by atoms with Gasteiger partial charge in [-0.05, 0) is 61.6 Å². The Labute approximate surface area is 229 Å². The number of aliphatic hydroxyl groups excluding tert-OH is 1. The minimum Gasteiger partial charge on any atom is -0.378 e. The molecule has 0 aliphatic carbocycles. The third-order valence-electron chi connectivity index (χ3n) is 5.85. The molecule has 38 heavy (non-hydrogen) atoms. The summed E-state index contributed by atoms with van der Waals surface area (Å²) >= 11 is 7.20. The van der Waals surface area contributed by atoms with Crippen LogP contribution in [0.5, 0.6) is 0 Å². The summed E-state index contributed by atoms with van der Waals surface area (Å²) < 4.78 is 0. The fourth-order valence-corrected chi connectivity index (χ4v) is 4.66. The SMILES string of the molecule is CC(C(=O)Nc1ccc(CCCCc2nnc(NC(=O)C(O)c3cccc(Cl)c3)s2)nn1)c1ccccc1. The molecule has 2 heterocycles. The van der Waals surface area contributed by atoms with Gasteiger partial charge in [0.1, 0.15) is 5.01 Å². The molecule has 0 fully saturated rings. The molecule has 0 spiro atoms. The van der Waals surface area contributed by atoms with Crippen LogP contribution in [0.1, 0.15) is 53.6 Å². The van der Waals surface area contributed by atoms with Crippen molar-refractivity contribution in [3.05, 3.63) is 93.6 Å². The number of halogens is 1. The largest absolute Gasteiger partial charge is 0.378 e. The number of carbonyl (C=O) groups excluding carboxylic acids is 2. The van der Waals surface area contributed by atoms with Crippen molar-refractivity contribution >= 4 is 45.7 Å². The van der Waals surface area contributed by atoms with E-state index in [4.69, 9.17) is 11.6 Å². The highest BCUT2D eigenvalue weighted by Gasteiger charge is 2.19. The molecular formula is C27H27ClN6O3S. The van der Waals surface area contributed by atoms with Gasteiger partial charge in [-0.1, -0.05) is 65.4 Å². The predicted octanol–water partition coefficient (Wildman–Crippen LogP) is 4.96. The fourth-order valence-electron chi connectivity index (χ4n) is 3.68. The van der Waals surface area contributed by atoms with Crippen LogP contribution in [-0.2, 0) is 22.4 Å². The quantitative estimate of drug-likeness (QED) is 0.225. The number of amides is 2. The second-order valence-electron chi connectivity index (χ2n) is 8.69. The molecule has 196 valence electrons. The number of nitrogens with zero attached hydrogens (tertiary/aromatic N) is 4. The number of hydrogen-bond acceptors (Lipinski definition) is 8. The molecule has 2 atom stereocenters. The average Bonchev–Trinajstić information content (AvgIpc) is 3.38. The van der Waals surface area contributed by atoms with Crippen LogP contribution in [0.15, 0.2) is 66.7 Å². The highest BCUT2D eigenvalue weighted by atomic mass is 35.5. The monoisotopic (exact) mass is 550 g/mol. The fraction of sp³-hybridized carbons (Fsp3) is 0.259. The zero-order chi connectivity index (χ0) is 26.9. The van der Waals surface area contributed by atoms with E-state index in [1.807, 2.05) is 43.3 Å². The van der Waals surface area contributed by atoms with Crippen LogP contribution in [0, 0.1) is 0 Å². The van der Waals surface area contributed by atoms with Crippen LogP contribution in [0.4, 0.5) is 10.9 Å². The molecule has 0 aliphatic heterocycles. The van der Waals surface area contributed by atoms with Crippen molar-refractivity contribution in [2.45, 2.75) is 44.6 Å². The highest BCUT2D eigenvalue weighted by Crippen LogP contribution is 2.22. The Morgan fingerprint density at radius 3 is 2.37 bits per heavy atom. The topological polar surface area (TPSA) is 130 Å². The number of hydrogen-bond donors (Lipinski definition) is 3. The number of anilines is 2. The predicted molar refractivity (Wildman–Crippen MR) is 147 cm³/mol. The maximum absolute atomic E-state index is 12.5. The number of rotatable bonds is 11. The molecule has 11 heteroatoms. The van der Waals surface area contributed by atoms with E-state index in [-0.39, 0.29) is 11.8 Å². The Balaban J connectivity index is 1.18. The van der Waals surface area contributed by atoms with E-state index in [1.165, 1.54) is 17.4 Å². The normalized spacial score (nSPS) is 12.5. The Morgan fingerprint density at radius 2 is 1.63 bits per heavy atom. The summed E-state index contributed by atoms with van der Waals surface area (Å²) in [5.41, 5.74) is 2.17. The van der Waals surface area contributed by atoms with Gasteiger partial charge < -0.3 is 10.4 Å². The number of aromatic nitrogens is 4. The minimum absolute atomic E-state index is 0.134. The number of nitrogens with one attached hydrogen (secondary N) is 2. The molecular weight excluding hydrogens is 524 g/mol. The minimum atomic E-state index is -1.35. The zero-order valence-corrected chi connectivity index (χ0v) is 22.2. The van der Waals surface area contributed by atoms with E-state index in [0.29, 0.717) is 28.0 Å². The number of benzene rings is 2. The van der Waals surface area contributed by atoms with E-state index >= 15 is 0 Å². The van der Waals surface area contributed by atoms with Crippen molar-refractivity contribution in [3.8, 4) is 0 Å². The summed E-state index contributed by atoms with van der Waals surface area (Å²) in [5.74, 6) is -0.599. The summed E-state index contributed by atoms with van der Waals surface area (Å²) in [7, 11) is 0. The number of unbranched alkanes of at least 4 members (excludes halogenated alkanes) is 1. The standard InChI is InChI=1S/C27H27ClN6O3S/c1-17(18-8-3-2-4-9-18)25(36)29-22-15-14-21(31-32-22)12-5-6-13-23-33-34-27(38-23)30-26(37)24(35)19-10-7-11-20(28)16-19/h2-4,7-11,14-17,24,35H,5-6,12-13H2,1H3,(H,29,32,36)(H,30,34,37). The molecule has 0 radical (unpaired) electrons. The average molecular weight is 551 g/mol. The summed E-state index contributed by atoms with van der Waals surface area (Å²) in [6, 6.07) is 19.7. The maximum atomic E-state index is 12.5. The first kappa shape index (κ1) is 27.3. The van der Waals surface area contributed by atoms with Gasteiger partial charge in [0, 0.05) is 11.4 Å². The molecule has 2 aromatic carbocycles. The first-order chi connectivity index (χ1) is 18.4. The lowest BCUT2D eigenvalue weighted by Crippen LogP contribution is -2.20. The molecule has 0 saturated carbocycles. The molecule has 2 aromatic heterocycles. The highest BCUT2D eigenvalue weighted by molar-refractivity contribution is 7.15. The van der Waals surface area contributed by atoms with Crippen molar-refractivity contribution in [2.24, 2.45) is 0 Å². The van der Waals surface area contributed by atoms with Crippen LogP contribution < -0.4 is 10.6 Å². The molecule has 2 amide bonds. The van der Waals surface area contributed by atoms with Crippen molar-refractivity contribution < 1.29 is 14.7 Å². The molecule has 3 N–H and O–H groups in total. The molecule has 0 saturated heterocycles. The summed E-state index contributed by atoms with van der Waals surface area (Å²) in [5, 5.41) is 33.7. The van der Waals surface area contributed by atoms with E-state index < -0.39 is 12.0 Å². The number of aliphatic hydroxyl groups is 1. The smallest absolute Gasteiger partial charge is 0.259 e.